The summed E-state index contributed by atoms with van der Waals surface area (Å²) in [6, 6.07) is 0. The highest BCUT2D eigenvalue weighted by molar-refractivity contribution is 5.32. The molecule has 1 aliphatic carbocycles. The predicted octanol–water partition coefficient (Wildman–Crippen LogP) is 1.92. The predicted molar refractivity (Wildman–Crippen MR) is 59.9 cm³/mol. The van der Waals surface area contributed by atoms with Crippen LogP contribution in [0.5, 0.6) is 0 Å². The quantitative estimate of drug-likeness (QED) is 0.736. The zero-order chi connectivity index (χ0) is 11.0. The van der Waals surface area contributed by atoms with Crippen LogP contribution in [0.25, 0.3) is 0 Å². The van der Waals surface area contributed by atoms with Crippen molar-refractivity contribution in [1.82, 2.24) is 0 Å². The molecule has 2 heterocycles. The van der Waals surface area contributed by atoms with Crippen LogP contribution >= 0.6 is 0 Å². The molecule has 0 aromatic rings. The van der Waals surface area contributed by atoms with E-state index in [0.29, 0.717) is 6.61 Å². The Morgan fingerprint density at radius 1 is 1.50 bits per heavy atom. The molecule has 2 aliphatic heterocycles. The van der Waals surface area contributed by atoms with Crippen LogP contribution in [0.1, 0.15) is 32.1 Å². The fraction of sp³-hybridized carbons (Fsp3) is 0.692. The molecular formula is C13H18O3. The minimum Gasteiger partial charge on any atom is -0.394 e. The van der Waals surface area contributed by atoms with Gasteiger partial charge in [0.2, 0.25) is 0 Å². The van der Waals surface area contributed by atoms with Gasteiger partial charge in [-0.1, -0.05) is 12.2 Å². The van der Waals surface area contributed by atoms with Gasteiger partial charge in [0.1, 0.15) is 0 Å². The van der Waals surface area contributed by atoms with E-state index in [1.807, 2.05) is 0 Å². The molecule has 16 heavy (non-hydrogen) atoms. The Hall–Kier alpha value is -0.640. The summed E-state index contributed by atoms with van der Waals surface area (Å²) < 4.78 is 11.8. The molecule has 0 unspecified atom stereocenters. The molecule has 0 aromatic carbocycles. The minimum atomic E-state index is -0.437. The Morgan fingerprint density at radius 2 is 2.44 bits per heavy atom. The monoisotopic (exact) mass is 222 g/mol. The van der Waals surface area contributed by atoms with Crippen LogP contribution in [0.15, 0.2) is 23.3 Å². The van der Waals surface area contributed by atoms with Crippen molar-refractivity contribution >= 4 is 0 Å². The summed E-state index contributed by atoms with van der Waals surface area (Å²) in [7, 11) is 0. The number of aliphatic hydroxyl groups excluding tert-OH is 1. The molecule has 1 spiro atoms. The zero-order valence-electron chi connectivity index (χ0n) is 9.45. The van der Waals surface area contributed by atoms with Crippen LogP contribution in [0.4, 0.5) is 0 Å². The fourth-order valence-electron chi connectivity index (χ4n) is 2.84. The summed E-state index contributed by atoms with van der Waals surface area (Å²) in [4.78, 5) is 0. The van der Waals surface area contributed by atoms with Crippen molar-refractivity contribution in [1.29, 1.82) is 0 Å². The Labute approximate surface area is 95.7 Å². The Bertz CT molecular complexity index is 345. The summed E-state index contributed by atoms with van der Waals surface area (Å²) >= 11 is 0. The number of rotatable bonds is 1. The molecule has 2 atom stereocenters. The van der Waals surface area contributed by atoms with Gasteiger partial charge in [0.15, 0.2) is 5.79 Å². The first-order valence-corrected chi connectivity index (χ1v) is 6.11. The fourth-order valence-corrected chi connectivity index (χ4v) is 2.84. The minimum absolute atomic E-state index is 0.0327. The lowest BCUT2D eigenvalue weighted by Gasteiger charge is -2.36. The van der Waals surface area contributed by atoms with Gasteiger partial charge in [0, 0.05) is 12.8 Å². The number of allylic oxidation sites excluding steroid dienone is 2. The van der Waals surface area contributed by atoms with E-state index >= 15 is 0 Å². The molecule has 1 saturated heterocycles. The van der Waals surface area contributed by atoms with Gasteiger partial charge in [-0.05, 0) is 30.4 Å². The van der Waals surface area contributed by atoms with Gasteiger partial charge in [0.25, 0.3) is 0 Å². The molecule has 0 saturated carbocycles. The van der Waals surface area contributed by atoms with Gasteiger partial charge >= 0.3 is 0 Å². The first kappa shape index (κ1) is 10.5. The van der Waals surface area contributed by atoms with Crippen LogP contribution < -0.4 is 0 Å². The second-order valence-corrected chi connectivity index (χ2v) is 4.91. The highest BCUT2D eigenvalue weighted by Gasteiger charge is 2.44. The van der Waals surface area contributed by atoms with E-state index in [4.69, 9.17) is 14.6 Å². The molecule has 0 aromatic heterocycles. The molecule has 0 bridgehead atoms. The third-order valence-corrected chi connectivity index (χ3v) is 3.79. The van der Waals surface area contributed by atoms with Crippen LogP contribution in [-0.2, 0) is 9.47 Å². The van der Waals surface area contributed by atoms with Crippen molar-refractivity contribution in [2.75, 3.05) is 13.2 Å². The van der Waals surface area contributed by atoms with Crippen LogP contribution in [0.3, 0.4) is 0 Å². The summed E-state index contributed by atoms with van der Waals surface area (Å²) in [6.45, 7) is 0.810. The topological polar surface area (TPSA) is 38.7 Å². The van der Waals surface area contributed by atoms with E-state index in [1.54, 1.807) is 0 Å². The van der Waals surface area contributed by atoms with Gasteiger partial charge < -0.3 is 14.6 Å². The number of hydrogen-bond acceptors (Lipinski definition) is 3. The van der Waals surface area contributed by atoms with E-state index in [2.05, 4.69) is 12.2 Å². The van der Waals surface area contributed by atoms with Crippen molar-refractivity contribution in [3.8, 4) is 0 Å². The smallest absolute Gasteiger partial charge is 0.173 e. The van der Waals surface area contributed by atoms with Crippen molar-refractivity contribution in [3.05, 3.63) is 23.3 Å². The summed E-state index contributed by atoms with van der Waals surface area (Å²) in [5, 5.41) is 9.11. The lowest BCUT2D eigenvalue weighted by molar-refractivity contribution is -0.230. The first-order valence-electron chi connectivity index (χ1n) is 6.11. The second-order valence-electron chi connectivity index (χ2n) is 4.91. The van der Waals surface area contributed by atoms with Gasteiger partial charge in [-0.15, -0.1) is 0 Å². The van der Waals surface area contributed by atoms with E-state index in [9.17, 15) is 0 Å². The molecule has 1 fully saturated rings. The SMILES string of the molecule is OC[C@@H]1CC[C@@]2(CC3=C(CCC=C3)CO2)O1. The normalized spacial score (nSPS) is 38.2. The van der Waals surface area contributed by atoms with E-state index in [1.165, 1.54) is 11.1 Å². The Kier molecular flexibility index (Phi) is 2.62. The van der Waals surface area contributed by atoms with E-state index in [-0.39, 0.29) is 12.7 Å². The van der Waals surface area contributed by atoms with Crippen LogP contribution in [0, 0.1) is 0 Å². The number of hydrogen-bond donors (Lipinski definition) is 1. The molecule has 3 heteroatoms. The van der Waals surface area contributed by atoms with Crippen LogP contribution in [0.2, 0.25) is 0 Å². The lowest BCUT2D eigenvalue weighted by Crippen LogP contribution is -2.38. The van der Waals surface area contributed by atoms with Gasteiger partial charge in [0.05, 0.1) is 19.3 Å². The Balaban J connectivity index is 1.77. The summed E-state index contributed by atoms with van der Waals surface area (Å²) in [6.07, 6.45) is 9.35. The Morgan fingerprint density at radius 3 is 3.25 bits per heavy atom. The molecule has 3 nitrogen and oxygen atoms in total. The molecule has 3 aliphatic rings. The zero-order valence-corrected chi connectivity index (χ0v) is 9.45. The van der Waals surface area contributed by atoms with Crippen molar-refractivity contribution in [3.63, 3.8) is 0 Å². The largest absolute Gasteiger partial charge is 0.394 e. The molecule has 88 valence electrons. The summed E-state index contributed by atoms with van der Waals surface area (Å²) in [5.41, 5.74) is 2.83. The number of aliphatic hydroxyl groups is 1. The highest BCUT2D eigenvalue weighted by atomic mass is 16.7. The first-order chi connectivity index (χ1) is 7.81. The number of ether oxygens (including phenoxy) is 2. The lowest BCUT2D eigenvalue weighted by atomic mass is 9.89. The van der Waals surface area contributed by atoms with Crippen LogP contribution in [-0.4, -0.2) is 30.2 Å². The molecule has 3 rings (SSSR count). The molecular weight excluding hydrogens is 204 g/mol. The van der Waals surface area contributed by atoms with Crippen molar-refractivity contribution in [2.24, 2.45) is 0 Å². The average Bonchev–Trinajstić information content (AvgIpc) is 2.72. The van der Waals surface area contributed by atoms with Gasteiger partial charge in [-0.3, -0.25) is 0 Å². The third-order valence-electron chi connectivity index (χ3n) is 3.79. The second kappa shape index (κ2) is 3.99. The van der Waals surface area contributed by atoms with Crippen molar-refractivity contribution < 1.29 is 14.6 Å². The highest BCUT2D eigenvalue weighted by Crippen LogP contribution is 2.42. The van der Waals surface area contributed by atoms with E-state index < -0.39 is 5.79 Å². The summed E-state index contributed by atoms with van der Waals surface area (Å²) in [5.74, 6) is -0.437. The maximum Gasteiger partial charge on any atom is 0.173 e. The third kappa shape index (κ3) is 1.73. The molecule has 0 radical (unpaired) electrons. The standard InChI is InChI=1S/C13H18O3/c14-8-12-5-6-13(16-12)7-10-3-1-2-4-11(10)9-15-13/h1,3,12,14H,2,4-9H2/t12-,13-/m0/s1. The maximum absolute atomic E-state index is 9.11. The van der Waals surface area contributed by atoms with Gasteiger partial charge in [-0.2, -0.15) is 0 Å². The average molecular weight is 222 g/mol. The van der Waals surface area contributed by atoms with E-state index in [0.717, 1.165) is 32.1 Å². The molecule has 1 N–H and O–H groups in total. The maximum atomic E-state index is 9.11. The molecule has 0 amide bonds. The van der Waals surface area contributed by atoms with Crippen molar-refractivity contribution in [2.45, 2.75) is 44.0 Å². The van der Waals surface area contributed by atoms with Gasteiger partial charge in [-0.25, -0.2) is 0 Å².